The van der Waals surface area contributed by atoms with Crippen molar-refractivity contribution < 1.29 is 4.74 Å². The zero-order chi connectivity index (χ0) is 18.2. The summed E-state index contributed by atoms with van der Waals surface area (Å²) in [6, 6.07) is 18.3. The van der Waals surface area contributed by atoms with Crippen molar-refractivity contribution in [1.82, 2.24) is 4.90 Å². The second kappa shape index (κ2) is 9.25. The number of rotatable bonds is 7. The van der Waals surface area contributed by atoms with E-state index in [9.17, 15) is 0 Å². The molecule has 0 spiro atoms. The molecule has 0 radical (unpaired) electrons. The Kier molecular flexibility index (Phi) is 6.50. The van der Waals surface area contributed by atoms with Crippen LogP contribution in [0, 0.1) is 5.92 Å². The Hall–Kier alpha value is -2.53. The number of ether oxygens (including phenoxy) is 1. The number of nitrogens with one attached hydrogen (secondary N) is 1. The largest absolute Gasteiger partial charge is 0.497 e. The fourth-order valence-electron chi connectivity index (χ4n) is 3.29. The summed E-state index contributed by atoms with van der Waals surface area (Å²) in [5.74, 6) is 1.88. The van der Waals surface area contributed by atoms with Crippen molar-refractivity contribution in [3.05, 3.63) is 60.2 Å². The molecule has 3 N–H and O–H groups in total. The van der Waals surface area contributed by atoms with Crippen molar-refractivity contribution in [2.24, 2.45) is 16.6 Å². The average Bonchev–Trinajstić information content (AvgIpc) is 3.14. The Morgan fingerprint density at radius 3 is 2.69 bits per heavy atom. The first-order valence-electron chi connectivity index (χ1n) is 9.20. The van der Waals surface area contributed by atoms with Gasteiger partial charge in [0.25, 0.3) is 0 Å². The normalized spacial score (nSPS) is 18.0. The van der Waals surface area contributed by atoms with Crippen LogP contribution in [0.15, 0.2) is 59.6 Å². The van der Waals surface area contributed by atoms with Gasteiger partial charge >= 0.3 is 0 Å². The average molecular weight is 352 g/mol. The minimum absolute atomic E-state index is 0.470. The van der Waals surface area contributed by atoms with Crippen LogP contribution in [0.25, 0.3) is 0 Å². The van der Waals surface area contributed by atoms with Crippen LogP contribution >= 0.6 is 0 Å². The molecule has 2 aromatic carbocycles. The number of nitrogens with zero attached hydrogens (tertiary/aromatic N) is 2. The third kappa shape index (κ3) is 5.49. The highest BCUT2D eigenvalue weighted by Gasteiger charge is 2.21. The van der Waals surface area contributed by atoms with E-state index in [1.165, 1.54) is 12.0 Å². The number of benzene rings is 2. The first kappa shape index (κ1) is 18.3. The van der Waals surface area contributed by atoms with Crippen molar-refractivity contribution in [3.8, 4) is 5.75 Å². The Morgan fingerprint density at radius 2 is 1.96 bits per heavy atom. The van der Waals surface area contributed by atoms with Crippen LogP contribution in [0.2, 0.25) is 0 Å². The standard InChI is InChI=1S/C21H28N4O/c1-26-20-9-7-19(8-10-20)24-21(22)23-15-18-12-14-25(16-18)13-11-17-5-3-2-4-6-17/h2-10,18H,11-16H2,1H3,(H3,22,23,24). The minimum atomic E-state index is 0.470. The van der Waals surface area contributed by atoms with Crippen molar-refractivity contribution in [3.63, 3.8) is 0 Å². The summed E-state index contributed by atoms with van der Waals surface area (Å²) in [4.78, 5) is 7.05. The van der Waals surface area contributed by atoms with E-state index in [0.717, 1.165) is 44.0 Å². The zero-order valence-electron chi connectivity index (χ0n) is 15.4. The number of anilines is 1. The highest BCUT2D eigenvalue weighted by Crippen LogP contribution is 2.18. The lowest BCUT2D eigenvalue weighted by molar-refractivity contribution is 0.330. The predicted molar refractivity (Wildman–Crippen MR) is 108 cm³/mol. The van der Waals surface area contributed by atoms with E-state index in [-0.39, 0.29) is 0 Å². The molecular weight excluding hydrogens is 324 g/mol. The highest BCUT2D eigenvalue weighted by molar-refractivity contribution is 5.92. The van der Waals surface area contributed by atoms with E-state index < -0.39 is 0 Å². The van der Waals surface area contributed by atoms with E-state index in [1.807, 2.05) is 24.3 Å². The molecule has 3 rings (SSSR count). The molecule has 1 atom stereocenters. The number of nitrogens with two attached hydrogens (primary N) is 1. The molecule has 26 heavy (non-hydrogen) atoms. The van der Waals surface area contributed by atoms with Gasteiger partial charge in [-0.25, -0.2) is 0 Å². The van der Waals surface area contributed by atoms with Crippen LogP contribution < -0.4 is 15.8 Å². The molecular formula is C21H28N4O. The minimum Gasteiger partial charge on any atom is -0.497 e. The van der Waals surface area contributed by atoms with Crippen molar-refractivity contribution in [2.75, 3.05) is 38.6 Å². The van der Waals surface area contributed by atoms with Crippen LogP contribution in [0.5, 0.6) is 5.75 Å². The first-order valence-corrected chi connectivity index (χ1v) is 9.20. The fraction of sp³-hybridized carbons (Fsp3) is 0.381. The summed E-state index contributed by atoms with van der Waals surface area (Å²) >= 11 is 0. The van der Waals surface area contributed by atoms with Gasteiger partial charge in [-0.3, -0.25) is 4.99 Å². The molecule has 1 aliphatic heterocycles. The molecule has 0 amide bonds. The summed E-state index contributed by atoms with van der Waals surface area (Å²) in [7, 11) is 1.66. The molecule has 1 fully saturated rings. The summed E-state index contributed by atoms with van der Waals surface area (Å²) in [5, 5.41) is 3.13. The predicted octanol–water partition coefficient (Wildman–Crippen LogP) is 2.99. The molecule has 5 heteroatoms. The summed E-state index contributed by atoms with van der Waals surface area (Å²) in [5.41, 5.74) is 8.34. The van der Waals surface area contributed by atoms with E-state index in [1.54, 1.807) is 7.11 Å². The molecule has 0 aliphatic carbocycles. The molecule has 5 nitrogen and oxygen atoms in total. The van der Waals surface area contributed by atoms with Crippen molar-refractivity contribution in [2.45, 2.75) is 12.8 Å². The molecule has 2 aromatic rings. The Bertz CT molecular complexity index is 700. The third-order valence-electron chi connectivity index (χ3n) is 4.81. The van der Waals surface area contributed by atoms with Crippen molar-refractivity contribution in [1.29, 1.82) is 0 Å². The van der Waals surface area contributed by atoms with Gasteiger partial charge in [0.1, 0.15) is 5.75 Å². The van der Waals surface area contributed by atoms with Gasteiger partial charge < -0.3 is 20.7 Å². The lowest BCUT2D eigenvalue weighted by Gasteiger charge is -2.15. The number of methoxy groups -OCH3 is 1. The van der Waals surface area contributed by atoms with Crippen LogP contribution in [0.1, 0.15) is 12.0 Å². The quantitative estimate of drug-likeness (QED) is 0.594. The SMILES string of the molecule is COc1ccc(NC(N)=NCC2CCN(CCc3ccccc3)C2)cc1. The van der Waals surface area contributed by atoms with Crippen LogP contribution in [-0.4, -0.2) is 44.1 Å². The van der Waals surface area contributed by atoms with Crippen LogP contribution in [-0.2, 0) is 6.42 Å². The number of aliphatic imine (C=N–C) groups is 1. The zero-order valence-corrected chi connectivity index (χ0v) is 15.4. The summed E-state index contributed by atoms with van der Waals surface area (Å²) in [6.07, 6.45) is 2.30. The van der Waals surface area contributed by atoms with Crippen LogP contribution in [0.4, 0.5) is 5.69 Å². The molecule has 1 aliphatic rings. The smallest absolute Gasteiger partial charge is 0.193 e. The first-order chi connectivity index (χ1) is 12.7. The van der Waals surface area contributed by atoms with Gasteiger partial charge in [0.2, 0.25) is 0 Å². The monoisotopic (exact) mass is 352 g/mol. The molecule has 0 saturated carbocycles. The lowest BCUT2D eigenvalue weighted by atomic mass is 10.1. The highest BCUT2D eigenvalue weighted by atomic mass is 16.5. The Morgan fingerprint density at radius 1 is 1.19 bits per heavy atom. The number of likely N-dealkylation sites (tertiary alicyclic amines) is 1. The van der Waals surface area contributed by atoms with E-state index in [4.69, 9.17) is 10.5 Å². The Balaban J connectivity index is 1.40. The maximum Gasteiger partial charge on any atom is 0.193 e. The lowest BCUT2D eigenvalue weighted by Crippen LogP contribution is -2.26. The number of guanidine groups is 1. The fourth-order valence-corrected chi connectivity index (χ4v) is 3.29. The van der Waals surface area contributed by atoms with E-state index in [0.29, 0.717) is 11.9 Å². The molecule has 138 valence electrons. The van der Waals surface area contributed by atoms with Crippen LogP contribution in [0.3, 0.4) is 0 Å². The maximum atomic E-state index is 6.02. The second-order valence-electron chi connectivity index (χ2n) is 6.77. The maximum absolute atomic E-state index is 6.02. The number of hydrogen-bond donors (Lipinski definition) is 2. The van der Waals surface area contributed by atoms with Gasteiger partial charge in [-0.15, -0.1) is 0 Å². The third-order valence-corrected chi connectivity index (χ3v) is 4.81. The summed E-state index contributed by atoms with van der Waals surface area (Å²) < 4.78 is 5.15. The molecule has 1 saturated heterocycles. The second-order valence-corrected chi connectivity index (χ2v) is 6.77. The van der Waals surface area contributed by atoms with E-state index in [2.05, 4.69) is 45.5 Å². The van der Waals surface area contributed by atoms with Gasteiger partial charge in [0, 0.05) is 25.3 Å². The summed E-state index contributed by atoms with van der Waals surface area (Å²) in [6.45, 7) is 4.14. The van der Waals surface area contributed by atoms with Crippen molar-refractivity contribution >= 4 is 11.6 Å². The molecule has 0 bridgehead atoms. The molecule has 1 unspecified atom stereocenters. The molecule has 0 aromatic heterocycles. The van der Waals surface area contributed by atoms with E-state index >= 15 is 0 Å². The Labute approximate surface area is 155 Å². The molecule has 1 heterocycles. The van der Waals surface area contributed by atoms with Gasteiger partial charge in [-0.05, 0) is 55.1 Å². The van der Waals surface area contributed by atoms with Gasteiger partial charge in [0.05, 0.1) is 7.11 Å². The van der Waals surface area contributed by atoms with Gasteiger partial charge in [0.15, 0.2) is 5.96 Å². The van der Waals surface area contributed by atoms with Gasteiger partial charge in [-0.1, -0.05) is 30.3 Å². The topological polar surface area (TPSA) is 62.9 Å². The number of hydrogen-bond acceptors (Lipinski definition) is 3. The van der Waals surface area contributed by atoms with Gasteiger partial charge in [-0.2, -0.15) is 0 Å².